The Hall–Kier alpha value is -4.30. The fraction of sp³-hybridized carbons (Fsp3) is 0.174. The molecule has 0 aliphatic rings. The highest BCUT2D eigenvalue weighted by atomic mass is 32.2. The summed E-state index contributed by atoms with van der Waals surface area (Å²) in [6.07, 6.45) is 3.68. The van der Waals surface area contributed by atoms with Crippen molar-refractivity contribution in [3.05, 3.63) is 65.3 Å². The van der Waals surface area contributed by atoms with Gasteiger partial charge in [-0.05, 0) is 42.0 Å². The average Bonchev–Trinajstić information content (AvgIpc) is 3.38. The molecule has 0 aliphatic carbocycles. The van der Waals surface area contributed by atoms with Gasteiger partial charge in [-0.1, -0.05) is 0 Å². The van der Waals surface area contributed by atoms with E-state index in [-0.39, 0.29) is 10.8 Å². The van der Waals surface area contributed by atoms with Crippen molar-refractivity contribution in [2.24, 2.45) is 0 Å². The number of rotatable bonds is 8. The minimum atomic E-state index is -3.56. The second-order valence-electron chi connectivity index (χ2n) is 7.36. The van der Waals surface area contributed by atoms with Crippen LogP contribution < -0.4 is 36.1 Å². The quantitative estimate of drug-likeness (QED) is 0.238. The fourth-order valence-electron chi connectivity index (χ4n) is 3.12. The molecule has 2 heterocycles. The molecule has 0 spiro atoms. The molecule has 0 atom stereocenters. The molecule has 0 saturated carbocycles. The summed E-state index contributed by atoms with van der Waals surface area (Å²) < 4.78 is 41.9. The van der Waals surface area contributed by atoms with Gasteiger partial charge in [0.1, 0.15) is 5.82 Å². The molecule has 2 aromatic carbocycles. The lowest BCUT2D eigenvalue weighted by Crippen LogP contribution is -2.12. The number of benzene rings is 2. The van der Waals surface area contributed by atoms with Gasteiger partial charge in [-0.2, -0.15) is 4.98 Å². The molecule has 0 fully saturated rings. The van der Waals surface area contributed by atoms with Gasteiger partial charge in [0.2, 0.25) is 11.7 Å². The smallest absolute Gasteiger partial charge is 0.263 e. The molecular weight excluding hydrogens is 518 g/mol. The summed E-state index contributed by atoms with van der Waals surface area (Å²) in [7, 11) is 1.15. The highest BCUT2D eigenvalue weighted by Gasteiger charge is 2.15. The number of nitrogens with zero attached hydrogens (tertiary/aromatic N) is 3. The number of thiazole rings is 1. The van der Waals surface area contributed by atoms with Crippen LogP contribution in [0.15, 0.2) is 59.1 Å². The molecule has 4 aromatic rings. The normalized spacial score (nSPS) is 10.7. The predicted octanol–water partition coefficient (Wildman–Crippen LogP) is 2.78. The Balaban J connectivity index is 0.000000213. The molecule has 2 aromatic heterocycles. The summed E-state index contributed by atoms with van der Waals surface area (Å²) in [4.78, 5) is 11.9. The summed E-state index contributed by atoms with van der Waals surface area (Å²) in [6.45, 7) is 0. The van der Waals surface area contributed by atoms with Gasteiger partial charge >= 0.3 is 0 Å². The molecule has 7 N–H and O–H groups in total. The lowest BCUT2D eigenvalue weighted by atomic mass is 10.1. The van der Waals surface area contributed by atoms with Crippen LogP contribution in [0.25, 0.3) is 0 Å². The first-order chi connectivity index (χ1) is 17.7. The third-order valence-corrected chi connectivity index (χ3v) is 7.05. The van der Waals surface area contributed by atoms with Gasteiger partial charge in [0, 0.05) is 35.4 Å². The van der Waals surface area contributed by atoms with E-state index in [4.69, 9.17) is 31.4 Å². The first-order valence-electron chi connectivity index (χ1n) is 10.6. The van der Waals surface area contributed by atoms with Gasteiger partial charge in [0.25, 0.3) is 10.0 Å². The molecule has 14 heteroatoms. The number of nitrogen functional groups attached to an aromatic ring is 3. The zero-order chi connectivity index (χ0) is 27.0. The lowest BCUT2D eigenvalue weighted by molar-refractivity contribution is 0.324. The molecule has 37 heavy (non-hydrogen) atoms. The minimum Gasteiger partial charge on any atom is -0.493 e. The van der Waals surface area contributed by atoms with Crippen molar-refractivity contribution >= 4 is 43.9 Å². The van der Waals surface area contributed by atoms with E-state index in [2.05, 4.69) is 19.7 Å². The summed E-state index contributed by atoms with van der Waals surface area (Å²) in [6, 6.07) is 9.69. The monoisotopic (exact) mass is 545 g/mol. The topological polar surface area (TPSA) is 191 Å². The SMILES string of the molecule is COc1cc(Cc2cnc(N)nc2N)cc(OC)c1OC.Nc1ccc(S(=O)(=O)Nc2nccs2)cc1. The highest BCUT2D eigenvalue weighted by molar-refractivity contribution is 7.93. The number of sulfonamides is 1. The van der Waals surface area contributed by atoms with Crippen LogP contribution in [0.5, 0.6) is 17.2 Å². The standard InChI is InChI=1S/C14H18N4O3.C9H9N3O2S2/c1-19-10-5-8(6-11(20-2)12(10)21-3)4-9-7-17-14(16)18-13(9)15;10-7-1-3-8(4-2-7)16(13,14)12-9-11-5-6-15-9/h5-7H,4H2,1-3H3,(H4,15,16,17,18);1-6H,10H2,(H,11,12). The minimum absolute atomic E-state index is 0.154. The number of hydrogen-bond donors (Lipinski definition) is 4. The van der Waals surface area contributed by atoms with E-state index in [1.165, 1.54) is 41.8 Å². The number of aromatic nitrogens is 3. The number of nitrogens with one attached hydrogen (secondary N) is 1. The maximum absolute atomic E-state index is 11.8. The summed E-state index contributed by atoms with van der Waals surface area (Å²) >= 11 is 1.22. The van der Waals surface area contributed by atoms with Crippen LogP contribution in [-0.4, -0.2) is 44.7 Å². The Kier molecular flexibility index (Phi) is 8.92. The molecular formula is C23H27N7O5S2. The second-order valence-corrected chi connectivity index (χ2v) is 9.94. The van der Waals surface area contributed by atoms with Crippen molar-refractivity contribution in [2.75, 3.05) is 43.3 Å². The van der Waals surface area contributed by atoms with E-state index >= 15 is 0 Å². The van der Waals surface area contributed by atoms with Gasteiger partial charge < -0.3 is 31.4 Å². The number of nitrogens with two attached hydrogens (primary N) is 3. The second kappa shape index (κ2) is 12.1. The Morgan fingerprint density at radius 2 is 1.59 bits per heavy atom. The largest absolute Gasteiger partial charge is 0.493 e. The lowest BCUT2D eigenvalue weighted by Gasteiger charge is -2.14. The third-order valence-electron chi connectivity index (χ3n) is 4.88. The summed E-state index contributed by atoms with van der Waals surface area (Å²) in [5.41, 5.74) is 19.1. The van der Waals surface area contributed by atoms with Crippen LogP contribution in [0, 0.1) is 0 Å². The molecule has 0 saturated heterocycles. The average molecular weight is 546 g/mol. The number of anilines is 4. The fourth-order valence-corrected chi connectivity index (χ4v) is 4.91. The number of ether oxygens (including phenoxy) is 3. The highest BCUT2D eigenvalue weighted by Crippen LogP contribution is 2.38. The molecule has 0 aliphatic heterocycles. The molecule has 0 radical (unpaired) electrons. The van der Waals surface area contributed by atoms with E-state index in [9.17, 15) is 8.42 Å². The van der Waals surface area contributed by atoms with Gasteiger partial charge in [0.05, 0.1) is 26.2 Å². The van der Waals surface area contributed by atoms with Crippen molar-refractivity contribution in [3.8, 4) is 17.2 Å². The van der Waals surface area contributed by atoms with Crippen molar-refractivity contribution in [1.29, 1.82) is 0 Å². The molecule has 12 nitrogen and oxygen atoms in total. The first-order valence-corrected chi connectivity index (χ1v) is 13.0. The maximum Gasteiger partial charge on any atom is 0.263 e. The van der Waals surface area contributed by atoms with E-state index < -0.39 is 10.0 Å². The van der Waals surface area contributed by atoms with Crippen LogP contribution in [-0.2, 0) is 16.4 Å². The zero-order valence-corrected chi connectivity index (χ0v) is 22.0. The number of methoxy groups -OCH3 is 3. The van der Waals surface area contributed by atoms with E-state index in [1.54, 1.807) is 32.9 Å². The molecule has 196 valence electrons. The van der Waals surface area contributed by atoms with Crippen molar-refractivity contribution in [1.82, 2.24) is 15.0 Å². The van der Waals surface area contributed by atoms with Crippen LogP contribution >= 0.6 is 11.3 Å². The van der Waals surface area contributed by atoms with Crippen molar-refractivity contribution < 1.29 is 22.6 Å². The van der Waals surface area contributed by atoms with Crippen LogP contribution in [0.1, 0.15) is 11.1 Å². The van der Waals surface area contributed by atoms with Crippen LogP contribution in [0.2, 0.25) is 0 Å². The molecule has 0 bridgehead atoms. The van der Waals surface area contributed by atoms with Gasteiger partial charge in [-0.25, -0.2) is 18.4 Å². The molecule has 4 rings (SSSR count). The Morgan fingerprint density at radius 3 is 2.11 bits per heavy atom. The van der Waals surface area contributed by atoms with E-state index in [0.717, 1.165) is 11.1 Å². The van der Waals surface area contributed by atoms with E-state index in [1.807, 2.05) is 12.1 Å². The zero-order valence-electron chi connectivity index (χ0n) is 20.3. The summed E-state index contributed by atoms with van der Waals surface area (Å²) in [5.74, 6) is 2.23. The van der Waals surface area contributed by atoms with Crippen molar-refractivity contribution in [2.45, 2.75) is 11.3 Å². The first kappa shape index (κ1) is 27.3. The third kappa shape index (κ3) is 7.11. The predicted molar refractivity (Wildman–Crippen MR) is 144 cm³/mol. The number of hydrogen-bond acceptors (Lipinski definition) is 12. The van der Waals surface area contributed by atoms with Gasteiger partial charge in [0.15, 0.2) is 16.6 Å². The van der Waals surface area contributed by atoms with Crippen molar-refractivity contribution in [3.63, 3.8) is 0 Å². The van der Waals surface area contributed by atoms with Gasteiger partial charge in [-0.3, -0.25) is 4.72 Å². The van der Waals surface area contributed by atoms with Crippen LogP contribution in [0.3, 0.4) is 0 Å². The summed E-state index contributed by atoms with van der Waals surface area (Å²) in [5, 5.41) is 2.04. The Labute approximate surface area is 218 Å². The van der Waals surface area contributed by atoms with Gasteiger partial charge in [-0.15, -0.1) is 11.3 Å². The van der Waals surface area contributed by atoms with E-state index in [0.29, 0.717) is 40.3 Å². The maximum atomic E-state index is 11.8. The Morgan fingerprint density at radius 1 is 0.946 bits per heavy atom. The molecule has 0 amide bonds. The van der Waals surface area contributed by atoms with Crippen LogP contribution in [0.4, 0.5) is 22.6 Å². The molecule has 0 unspecified atom stereocenters. The Bertz CT molecular complexity index is 1410.